The van der Waals surface area contributed by atoms with Gasteiger partial charge >= 0.3 is 11.9 Å². The zero-order valence-corrected chi connectivity index (χ0v) is 7.63. The predicted octanol–water partition coefficient (Wildman–Crippen LogP) is 1.27. The number of rotatable bonds is 0. The van der Waals surface area contributed by atoms with Gasteiger partial charge in [-0.05, 0) is 25.2 Å². The van der Waals surface area contributed by atoms with Crippen LogP contribution in [-0.2, 0) is 14.3 Å². The topological polar surface area (TPSA) is 43.4 Å². The minimum Gasteiger partial charge on any atom is -0.392 e. The van der Waals surface area contributed by atoms with Crippen molar-refractivity contribution in [2.75, 3.05) is 0 Å². The number of hydrogen-bond acceptors (Lipinski definition) is 3. The van der Waals surface area contributed by atoms with Gasteiger partial charge in [0.1, 0.15) is 0 Å². The maximum Gasteiger partial charge on any atom is 0.321 e. The molecule has 3 nitrogen and oxygen atoms in total. The van der Waals surface area contributed by atoms with Crippen molar-refractivity contribution < 1.29 is 14.3 Å². The molecule has 2 aliphatic carbocycles. The quantitative estimate of drug-likeness (QED) is 0.416. The zero-order valence-electron chi connectivity index (χ0n) is 7.63. The van der Waals surface area contributed by atoms with E-state index in [-0.39, 0.29) is 22.8 Å². The van der Waals surface area contributed by atoms with E-state index in [4.69, 9.17) is 4.74 Å². The van der Waals surface area contributed by atoms with Crippen molar-refractivity contribution in [2.24, 2.45) is 16.7 Å². The maximum atomic E-state index is 11.5. The van der Waals surface area contributed by atoms with Gasteiger partial charge in [0.25, 0.3) is 0 Å². The van der Waals surface area contributed by atoms with Crippen LogP contribution in [0.4, 0.5) is 0 Å². The fraction of sp³-hybridized carbons (Fsp3) is 0.800. The van der Waals surface area contributed by atoms with Gasteiger partial charge in [0, 0.05) is 0 Å². The first-order chi connectivity index (χ1) is 6.13. The SMILES string of the molecule is CC1CCCC23CC12C(=O)OC3=O. The first-order valence-electron chi connectivity index (χ1n) is 4.90. The van der Waals surface area contributed by atoms with E-state index < -0.39 is 0 Å². The number of ether oxygens (including phenoxy) is 1. The molecular formula is C10H12O3. The van der Waals surface area contributed by atoms with E-state index in [1.807, 2.05) is 0 Å². The van der Waals surface area contributed by atoms with E-state index >= 15 is 0 Å². The van der Waals surface area contributed by atoms with E-state index in [9.17, 15) is 9.59 Å². The molecule has 0 amide bonds. The number of hydrogen-bond donors (Lipinski definition) is 0. The van der Waals surface area contributed by atoms with E-state index in [0.29, 0.717) is 5.92 Å². The Bertz CT molecular complexity index is 322. The molecule has 13 heavy (non-hydrogen) atoms. The van der Waals surface area contributed by atoms with E-state index in [1.54, 1.807) is 0 Å². The van der Waals surface area contributed by atoms with E-state index in [2.05, 4.69) is 6.92 Å². The van der Waals surface area contributed by atoms with Crippen LogP contribution in [0.3, 0.4) is 0 Å². The Morgan fingerprint density at radius 1 is 1.38 bits per heavy atom. The van der Waals surface area contributed by atoms with Crippen LogP contribution in [0.25, 0.3) is 0 Å². The number of carbonyl (C=O) groups is 2. The normalized spacial score (nSPS) is 52.5. The summed E-state index contributed by atoms with van der Waals surface area (Å²) in [4.78, 5) is 23.0. The molecule has 0 aromatic rings. The van der Waals surface area contributed by atoms with Gasteiger partial charge in [0.2, 0.25) is 0 Å². The fourth-order valence-electron chi connectivity index (χ4n) is 3.44. The highest BCUT2D eigenvalue weighted by atomic mass is 16.6. The molecule has 1 aliphatic heterocycles. The predicted molar refractivity (Wildman–Crippen MR) is 43.6 cm³/mol. The Kier molecular flexibility index (Phi) is 1.05. The summed E-state index contributed by atoms with van der Waals surface area (Å²) >= 11 is 0. The van der Waals surface area contributed by atoms with Crippen molar-refractivity contribution in [3.63, 3.8) is 0 Å². The average Bonchev–Trinajstić information content (AvgIpc) is 2.72. The van der Waals surface area contributed by atoms with Crippen LogP contribution in [0.2, 0.25) is 0 Å². The number of carbonyl (C=O) groups excluding carboxylic acids is 2. The fourth-order valence-corrected chi connectivity index (χ4v) is 3.44. The summed E-state index contributed by atoms with van der Waals surface area (Å²) < 4.78 is 4.74. The van der Waals surface area contributed by atoms with Gasteiger partial charge in [0.15, 0.2) is 0 Å². The number of esters is 2. The van der Waals surface area contributed by atoms with E-state index in [1.165, 1.54) is 0 Å². The molecule has 0 aromatic heterocycles. The van der Waals surface area contributed by atoms with Gasteiger partial charge in [-0.25, -0.2) is 0 Å². The van der Waals surface area contributed by atoms with Crippen LogP contribution < -0.4 is 0 Å². The lowest BCUT2D eigenvalue weighted by molar-refractivity contribution is -0.158. The Hall–Kier alpha value is -0.860. The molecule has 0 spiro atoms. The highest BCUT2D eigenvalue weighted by Gasteiger charge is 2.84. The molecular weight excluding hydrogens is 168 g/mol. The molecule has 3 rings (SSSR count). The first-order valence-corrected chi connectivity index (χ1v) is 4.90. The molecule has 2 saturated carbocycles. The van der Waals surface area contributed by atoms with Crippen molar-refractivity contribution in [3.05, 3.63) is 0 Å². The Labute approximate surface area is 76.4 Å². The molecule has 3 aliphatic rings. The van der Waals surface area contributed by atoms with Crippen LogP contribution in [-0.4, -0.2) is 11.9 Å². The summed E-state index contributed by atoms with van der Waals surface area (Å²) in [5, 5.41) is 0. The van der Waals surface area contributed by atoms with Crippen molar-refractivity contribution >= 4 is 11.9 Å². The summed E-state index contributed by atoms with van der Waals surface area (Å²) in [7, 11) is 0. The van der Waals surface area contributed by atoms with Crippen molar-refractivity contribution in [1.82, 2.24) is 0 Å². The molecule has 0 bridgehead atoms. The Morgan fingerprint density at radius 3 is 2.85 bits per heavy atom. The molecule has 3 fully saturated rings. The van der Waals surface area contributed by atoms with Crippen LogP contribution >= 0.6 is 0 Å². The van der Waals surface area contributed by atoms with Crippen LogP contribution in [0.1, 0.15) is 32.6 Å². The Balaban J connectivity index is 2.11. The van der Waals surface area contributed by atoms with Crippen molar-refractivity contribution in [3.8, 4) is 0 Å². The van der Waals surface area contributed by atoms with Gasteiger partial charge < -0.3 is 4.74 Å². The highest BCUT2D eigenvalue weighted by molar-refractivity contribution is 6.07. The van der Waals surface area contributed by atoms with Gasteiger partial charge in [-0.3, -0.25) is 9.59 Å². The van der Waals surface area contributed by atoms with Crippen LogP contribution in [0.5, 0.6) is 0 Å². The lowest BCUT2D eigenvalue weighted by Gasteiger charge is -2.25. The average molecular weight is 180 g/mol. The summed E-state index contributed by atoms with van der Waals surface area (Å²) in [6, 6.07) is 0. The molecule has 3 heteroatoms. The minimum atomic E-state index is -0.387. The van der Waals surface area contributed by atoms with Gasteiger partial charge in [-0.2, -0.15) is 0 Å². The minimum absolute atomic E-state index is 0.246. The van der Waals surface area contributed by atoms with Crippen LogP contribution in [0.15, 0.2) is 0 Å². The Morgan fingerprint density at radius 2 is 2.15 bits per heavy atom. The van der Waals surface area contributed by atoms with Gasteiger partial charge in [-0.15, -0.1) is 0 Å². The summed E-state index contributed by atoms with van der Waals surface area (Å²) in [5.41, 5.74) is -0.760. The van der Waals surface area contributed by atoms with Crippen molar-refractivity contribution in [2.45, 2.75) is 32.6 Å². The van der Waals surface area contributed by atoms with E-state index in [0.717, 1.165) is 25.7 Å². The highest BCUT2D eigenvalue weighted by Crippen LogP contribution is 2.77. The van der Waals surface area contributed by atoms with Crippen molar-refractivity contribution in [1.29, 1.82) is 0 Å². The molecule has 3 unspecified atom stereocenters. The van der Waals surface area contributed by atoms with Crippen LogP contribution in [0, 0.1) is 16.7 Å². The second-order valence-corrected chi connectivity index (χ2v) is 4.70. The zero-order chi connectivity index (χ0) is 9.27. The first kappa shape index (κ1) is 7.54. The summed E-state index contributed by atoms with van der Waals surface area (Å²) in [6.07, 6.45) is 3.75. The monoisotopic (exact) mass is 180 g/mol. The second-order valence-electron chi connectivity index (χ2n) is 4.70. The summed E-state index contributed by atoms with van der Waals surface area (Å²) in [5.74, 6) is -0.158. The summed E-state index contributed by atoms with van der Waals surface area (Å²) in [6.45, 7) is 2.07. The molecule has 3 atom stereocenters. The molecule has 1 saturated heterocycles. The third-order valence-electron chi connectivity index (χ3n) is 4.33. The second kappa shape index (κ2) is 1.81. The molecule has 0 aromatic carbocycles. The number of cyclic esters (lactones) is 2. The van der Waals surface area contributed by atoms with Gasteiger partial charge in [-0.1, -0.05) is 13.3 Å². The molecule has 0 N–H and O–H groups in total. The smallest absolute Gasteiger partial charge is 0.321 e. The molecule has 0 radical (unpaired) electrons. The lowest BCUT2D eigenvalue weighted by atomic mass is 9.74. The maximum absolute atomic E-state index is 11.5. The molecule has 70 valence electrons. The van der Waals surface area contributed by atoms with Gasteiger partial charge in [0.05, 0.1) is 10.8 Å². The standard InChI is InChI=1S/C10H12O3/c1-6-3-2-4-9-5-10(6,9)8(12)13-7(9)11/h6H,2-5H2,1H3. The lowest BCUT2D eigenvalue weighted by Crippen LogP contribution is -2.29. The largest absolute Gasteiger partial charge is 0.392 e. The third kappa shape index (κ3) is 0.550. The third-order valence-corrected chi connectivity index (χ3v) is 4.33. The molecule has 1 heterocycles.